The van der Waals surface area contributed by atoms with Crippen LogP contribution in [0.5, 0.6) is 0 Å². The predicted molar refractivity (Wildman–Crippen MR) is 87.6 cm³/mol. The Kier molecular flexibility index (Phi) is 7.05. The van der Waals surface area contributed by atoms with Gasteiger partial charge in [0.05, 0.1) is 10.0 Å². The molecule has 1 atom stereocenters. The van der Waals surface area contributed by atoms with Gasteiger partial charge in [-0.3, -0.25) is 0 Å². The minimum Gasteiger partial charge on any atom is -0.313 e. The fourth-order valence-electron chi connectivity index (χ4n) is 1.93. The molecular weight excluding hydrogens is 410 g/mol. The van der Waals surface area contributed by atoms with Gasteiger partial charge in [0.2, 0.25) is 10.0 Å². The summed E-state index contributed by atoms with van der Waals surface area (Å²) in [5.74, 6) is 0. The average Bonchev–Trinajstić information content (AvgIpc) is 2.86. The van der Waals surface area contributed by atoms with Gasteiger partial charge in [0.15, 0.2) is 0 Å². The fraction of sp³-hybridized carbons (Fsp3) is 0.455. The molecule has 2 rings (SSSR count). The predicted octanol–water partition coefficient (Wildman–Crippen LogP) is 3.21. The molecule has 114 valence electrons. The van der Waals surface area contributed by atoms with Gasteiger partial charge in [0, 0.05) is 17.1 Å². The second-order valence-electron chi connectivity index (χ2n) is 4.32. The van der Waals surface area contributed by atoms with Crippen LogP contribution in [-0.4, -0.2) is 27.5 Å². The Balaban J connectivity index is 0.00000200. The Labute approximate surface area is 143 Å². The van der Waals surface area contributed by atoms with Crippen molar-refractivity contribution < 1.29 is 8.42 Å². The van der Waals surface area contributed by atoms with Gasteiger partial charge >= 0.3 is 0 Å². The minimum atomic E-state index is -3.64. The highest BCUT2D eigenvalue weighted by atomic mass is 79.9. The Bertz CT molecular complexity index is 577. The highest BCUT2D eigenvalue weighted by Gasteiger charge is 2.23. The largest absolute Gasteiger partial charge is 0.313 e. The lowest BCUT2D eigenvalue weighted by Gasteiger charge is -2.13. The van der Waals surface area contributed by atoms with Crippen LogP contribution in [0.15, 0.2) is 21.5 Å². The van der Waals surface area contributed by atoms with Gasteiger partial charge < -0.3 is 5.32 Å². The molecular formula is C11H14BrCl3N2O2S. The van der Waals surface area contributed by atoms with Gasteiger partial charge in [-0.25, -0.2) is 13.1 Å². The summed E-state index contributed by atoms with van der Waals surface area (Å²) in [7, 11) is -3.64. The second kappa shape index (κ2) is 7.63. The van der Waals surface area contributed by atoms with E-state index >= 15 is 0 Å². The minimum absolute atomic E-state index is 0. The number of benzene rings is 1. The molecule has 0 bridgehead atoms. The zero-order chi connectivity index (χ0) is 14.0. The maximum absolute atomic E-state index is 12.2. The van der Waals surface area contributed by atoms with Gasteiger partial charge in [0.25, 0.3) is 0 Å². The molecule has 1 aromatic rings. The normalized spacial score (nSPS) is 18.9. The number of rotatable bonds is 4. The lowest BCUT2D eigenvalue weighted by atomic mass is 10.2. The summed E-state index contributed by atoms with van der Waals surface area (Å²) in [6.45, 7) is 1.28. The number of hydrogen-bond acceptors (Lipinski definition) is 3. The molecule has 4 nitrogen and oxygen atoms in total. The van der Waals surface area contributed by atoms with E-state index in [9.17, 15) is 8.42 Å². The molecule has 2 N–H and O–H groups in total. The Hall–Kier alpha value is 0.440. The van der Waals surface area contributed by atoms with Crippen molar-refractivity contribution in [2.24, 2.45) is 0 Å². The third-order valence-electron chi connectivity index (χ3n) is 2.97. The SMILES string of the molecule is Cl.O=S(=O)(NCC1CCCN1)c1ccc(Br)c(Cl)c1Cl. The highest BCUT2D eigenvalue weighted by Crippen LogP contribution is 2.34. The van der Waals surface area contributed by atoms with Gasteiger partial charge in [-0.05, 0) is 47.4 Å². The molecule has 1 heterocycles. The van der Waals surface area contributed by atoms with Crippen molar-refractivity contribution in [3.63, 3.8) is 0 Å². The molecule has 1 unspecified atom stereocenters. The summed E-state index contributed by atoms with van der Waals surface area (Å²) in [5.41, 5.74) is 0. The first-order valence-electron chi connectivity index (χ1n) is 5.78. The summed E-state index contributed by atoms with van der Waals surface area (Å²) in [5, 5.41) is 3.45. The fourth-order valence-corrected chi connectivity index (χ4v) is 4.23. The van der Waals surface area contributed by atoms with Crippen LogP contribution >= 0.6 is 51.5 Å². The van der Waals surface area contributed by atoms with E-state index in [0.717, 1.165) is 19.4 Å². The van der Waals surface area contributed by atoms with Crippen LogP contribution in [0.2, 0.25) is 10.0 Å². The van der Waals surface area contributed by atoms with E-state index < -0.39 is 10.0 Å². The van der Waals surface area contributed by atoms with E-state index in [2.05, 4.69) is 26.0 Å². The van der Waals surface area contributed by atoms with E-state index in [1.165, 1.54) is 6.07 Å². The van der Waals surface area contributed by atoms with Gasteiger partial charge in [-0.1, -0.05) is 23.2 Å². The third-order valence-corrected chi connectivity index (χ3v) is 6.32. The van der Waals surface area contributed by atoms with Gasteiger partial charge in [-0.2, -0.15) is 0 Å². The molecule has 1 saturated heterocycles. The number of sulfonamides is 1. The maximum atomic E-state index is 12.2. The standard InChI is InChI=1S/C11H13BrCl2N2O2S.ClH/c12-8-3-4-9(11(14)10(8)13)19(17,18)16-6-7-2-1-5-15-7;/h3-4,7,15-16H,1-2,5-6H2;1H. The molecule has 0 radical (unpaired) electrons. The molecule has 0 aromatic heterocycles. The van der Waals surface area contributed by atoms with Crippen LogP contribution in [-0.2, 0) is 10.0 Å². The van der Waals surface area contributed by atoms with Crippen molar-refractivity contribution in [3.05, 3.63) is 26.7 Å². The quantitative estimate of drug-likeness (QED) is 0.730. The lowest BCUT2D eigenvalue weighted by Crippen LogP contribution is -2.37. The van der Waals surface area contributed by atoms with Crippen LogP contribution < -0.4 is 10.0 Å². The average molecular weight is 425 g/mol. The Morgan fingerprint density at radius 1 is 1.35 bits per heavy atom. The number of nitrogens with one attached hydrogen (secondary N) is 2. The van der Waals surface area contributed by atoms with E-state index in [1.807, 2.05) is 0 Å². The monoisotopic (exact) mass is 422 g/mol. The van der Waals surface area contributed by atoms with Crippen molar-refractivity contribution in [1.82, 2.24) is 10.0 Å². The van der Waals surface area contributed by atoms with Crippen molar-refractivity contribution >= 4 is 61.6 Å². The van der Waals surface area contributed by atoms with Crippen LogP contribution in [0.3, 0.4) is 0 Å². The van der Waals surface area contributed by atoms with Crippen molar-refractivity contribution in [1.29, 1.82) is 0 Å². The molecule has 0 spiro atoms. The molecule has 0 amide bonds. The number of hydrogen-bond donors (Lipinski definition) is 2. The molecule has 0 aliphatic carbocycles. The number of halogens is 4. The van der Waals surface area contributed by atoms with Crippen LogP contribution in [0, 0.1) is 0 Å². The summed E-state index contributed by atoms with van der Waals surface area (Å²) in [6.07, 6.45) is 2.04. The zero-order valence-corrected chi connectivity index (χ0v) is 15.1. The smallest absolute Gasteiger partial charge is 0.242 e. The second-order valence-corrected chi connectivity index (χ2v) is 7.66. The first-order chi connectivity index (χ1) is 8.92. The molecule has 1 aromatic carbocycles. The van der Waals surface area contributed by atoms with Gasteiger partial charge in [-0.15, -0.1) is 12.4 Å². The van der Waals surface area contributed by atoms with Crippen LogP contribution in [0.1, 0.15) is 12.8 Å². The maximum Gasteiger partial charge on any atom is 0.242 e. The summed E-state index contributed by atoms with van der Waals surface area (Å²) >= 11 is 15.1. The van der Waals surface area contributed by atoms with Crippen molar-refractivity contribution in [2.45, 2.75) is 23.8 Å². The lowest BCUT2D eigenvalue weighted by molar-refractivity contribution is 0.552. The van der Waals surface area contributed by atoms with E-state index in [4.69, 9.17) is 23.2 Å². The molecule has 1 aliphatic heterocycles. The molecule has 9 heteroatoms. The van der Waals surface area contributed by atoms with E-state index in [0.29, 0.717) is 11.0 Å². The molecule has 20 heavy (non-hydrogen) atoms. The molecule has 1 fully saturated rings. The van der Waals surface area contributed by atoms with Gasteiger partial charge in [0.1, 0.15) is 4.90 Å². The van der Waals surface area contributed by atoms with Crippen molar-refractivity contribution in [3.8, 4) is 0 Å². The van der Waals surface area contributed by atoms with Crippen LogP contribution in [0.25, 0.3) is 0 Å². The first kappa shape index (κ1) is 18.5. The Morgan fingerprint density at radius 2 is 2.05 bits per heavy atom. The topological polar surface area (TPSA) is 58.2 Å². The van der Waals surface area contributed by atoms with E-state index in [-0.39, 0.29) is 33.4 Å². The summed E-state index contributed by atoms with van der Waals surface area (Å²) in [6, 6.07) is 3.18. The highest BCUT2D eigenvalue weighted by molar-refractivity contribution is 9.10. The summed E-state index contributed by atoms with van der Waals surface area (Å²) < 4.78 is 27.5. The molecule has 1 aliphatic rings. The van der Waals surface area contributed by atoms with Crippen LogP contribution in [0.4, 0.5) is 0 Å². The van der Waals surface area contributed by atoms with Crippen molar-refractivity contribution in [2.75, 3.05) is 13.1 Å². The van der Waals surface area contributed by atoms with E-state index in [1.54, 1.807) is 6.07 Å². The summed E-state index contributed by atoms with van der Waals surface area (Å²) in [4.78, 5) is 0.000337. The Morgan fingerprint density at radius 3 is 2.65 bits per heavy atom. The zero-order valence-electron chi connectivity index (χ0n) is 10.3. The first-order valence-corrected chi connectivity index (χ1v) is 8.81. The molecule has 0 saturated carbocycles. The third kappa shape index (κ3) is 4.22.